The van der Waals surface area contributed by atoms with Gasteiger partial charge in [-0.2, -0.15) is 0 Å². The molecular weight excluding hydrogens is 373 g/mol. The van der Waals surface area contributed by atoms with Gasteiger partial charge in [0.1, 0.15) is 6.04 Å². The summed E-state index contributed by atoms with van der Waals surface area (Å²) in [5, 5.41) is 1.10. The van der Waals surface area contributed by atoms with E-state index in [1.807, 2.05) is 30.3 Å². The van der Waals surface area contributed by atoms with Crippen LogP contribution >= 0.6 is 23.2 Å². The van der Waals surface area contributed by atoms with Gasteiger partial charge >= 0.3 is 5.97 Å². The molecule has 0 aromatic heterocycles. The molecule has 1 heterocycles. The van der Waals surface area contributed by atoms with Crippen molar-refractivity contribution >= 4 is 35.1 Å². The van der Waals surface area contributed by atoms with Crippen molar-refractivity contribution in [1.29, 1.82) is 0 Å². The van der Waals surface area contributed by atoms with Crippen LogP contribution in [0.1, 0.15) is 23.1 Å². The van der Waals surface area contributed by atoms with E-state index >= 15 is 0 Å². The Labute approximate surface area is 162 Å². The summed E-state index contributed by atoms with van der Waals surface area (Å²) in [5.74, 6) is -0.488. The summed E-state index contributed by atoms with van der Waals surface area (Å²) in [4.78, 5) is 26.7. The monoisotopic (exact) mass is 391 g/mol. The first-order valence-corrected chi connectivity index (χ1v) is 9.13. The van der Waals surface area contributed by atoms with E-state index in [4.69, 9.17) is 27.9 Å². The second kappa shape index (κ2) is 8.11. The van der Waals surface area contributed by atoms with Gasteiger partial charge in [0.15, 0.2) is 0 Å². The maximum absolute atomic E-state index is 12.8. The van der Waals surface area contributed by atoms with Gasteiger partial charge in [-0.25, -0.2) is 4.79 Å². The van der Waals surface area contributed by atoms with Crippen LogP contribution in [0, 0.1) is 0 Å². The maximum Gasteiger partial charge on any atom is 0.328 e. The van der Waals surface area contributed by atoms with Crippen molar-refractivity contribution in [3.05, 3.63) is 69.2 Å². The van der Waals surface area contributed by atoms with E-state index in [0.717, 1.165) is 16.7 Å². The van der Waals surface area contributed by atoms with Gasteiger partial charge in [-0.3, -0.25) is 4.79 Å². The normalized spacial score (nSPS) is 16.1. The van der Waals surface area contributed by atoms with Gasteiger partial charge in [0, 0.05) is 29.4 Å². The molecule has 0 bridgehead atoms. The molecule has 0 spiro atoms. The van der Waals surface area contributed by atoms with E-state index in [9.17, 15) is 9.59 Å². The third kappa shape index (κ3) is 4.02. The van der Waals surface area contributed by atoms with Crippen molar-refractivity contribution in [2.75, 3.05) is 7.11 Å². The van der Waals surface area contributed by atoms with E-state index in [1.165, 1.54) is 7.11 Å². The Morgan fingerprint density at radius 2 is 1.88 bits per heavy atom. The Morgan fingerprint density at radius 1 is 1.15 bits per heavy atom. The van der Waals surface area contributed by atoms with Crippen molar-refractivity contribution in [3.8, 4) is 0 Å². The Bertz CT molecular complexity index is 838. The van der Waals surface area contributed by atoms with Gasteiger partial charge in [0.2, 0.25) is 5.91 Å². The lowest BCUT2D eigenvalue weighted by Crippen LogP contribution is -2.49. The molecule has 0 aliphatic carbocycles. The number of esters is 1. The molecule has 0 saturated heterocycles. The average molecular weight is 392 g/mol. The number of hydrogen-bond acceptors (Lipinski definition) is 3. The molecule has 136 valence electrons. The highest BCUT2D eigenvalue weighted by Crippen LogP contribution is 2.26. The minimum absolute atomic E-state index is 0.0964. The molecule has 0 radical (unpaired) electrons. The Kier molecular flexibility index (Phi) is 5.84. The first-order chi connectivity index (χ1) is 12.5. The summed E-state index contributed by atoms with van der Waals surface area (Å²) in [6.45, 7) is 0.406. The van der Waals surface area contributed by atoms with E-state index in [1.54, 1.807) is 17.0 Å². The zero-order chi connectivity index (χ0) is 18.7. The highest BCUT2D eigenvalue weighted by molar-refractivity contribution is 6.35. The van der Waals surface area contributed by atoms with Crippen LogP contribution in [0.15, 0.2) is 42.5 Å². The van der Waals surface area contributed by atoms with Crippen molar-refractivity contribution < 1.29 is 14.3 Å². The third-order valence-electron chi connectivity index (χ3n) is 4.67. The Morgan fingerprint density at radius 3 is 2.58 bits per heavy atom. The molecule has 3 rings (SSSR count). The summed E-state index contributed by atoms with van der Waals surface area (Å²) in [5.41, 5.74) is 3.00. The number of carbonyl (C=O) groups excluding carboxylic acids is 2. The van der Waals surface area contributed by atoms with E-state index < -0.39 is 12.0 Å². The van der Waals surface area contributed by atoms with Gasteiger partial charge in [-0.15, -0.1) is 0 Å². The molecule has 1 atom stereocenters. The molecule has 0 fully saturated rings. The molecule has 4 nitrogen and oxygen atoms in total. The molecule has 2 aromatic rings. The highest BCUT2D eigenvalue weighted by Gasteiger charge is 2.34. The van der Waals surface area contributed by atoms with Crippen molar-refractivity contribution in [1.82, 2.24) is 4.90 Å². The number of ether oxygens (including phenoxy) is 1. The van der Waals surface area contributed by atoms with Crippen LogP contribution in [0.4, 0.5) is 0 Å². The predicted molar refractivity (Wildman–Crippen MR) is 101 cm³/mol. The van der Waals surface area contributed by atoms with Gasteiger partial charge in [0.25, 0.3) is 0 Å². The van der Waals surface area contributed by atoms with Gasteiger partial charge in [-0.1, -0.05) is 53.5 Å². The highest BCUT2D eigenvalue weighted by atomic mass is 35.5. The lowest BCUT2D eigenvalue weighted by Gasteiger charge is -2.35. The third-order valence-corrected chi connectivity index (χ3v) is 5.25. The van der Waals surface area contributed by atoms with E-state index in [-0.39, 0.29) is 12.3 Å². The summed E-state index contributed by atoms with van der Waals surface area (Å²) >= 11 is 12.1. The first-order valence-electron chi connectivity index (χ1n) is 8.37. The fourth-order valence-electron chi connectivity index (χ4n) is 3.24. The molecular formula is C20H19Cl2NO3. The predicted octanol–water partition coefficient (Wildman–Crippen LogP) is 4.05. The lowest BCUT2D eigenvalue weighted by molar-refractivity contribution is -0.154. The lowest BCUT2D eigenvalue weighted by atomic mass is 9.93. The topological polar surface area (TPSA) is 46.6 Å². The standard InChI is InChI=1S/C20H19Cl2NO3/c1-26-20(25)18-10-14-4-2-3-5-15(14)12-23(18)19(24)9-7-13-6-8-16(21)11-17(13)22/h2-6,8,11,18H,7,9-10,12H2,1H3. The van der Waals surface area contributed by atoms with E-state index in [0.29, 0.717) is 29.4 Å². The number of rotatable bonds is 4. The first kappa shape index (κ1) is 18.7. The minimum atomic E-state index is -0.594. The van der Waals surface area contributed by atoms with Gasteiger partial charge in [0.05, 0.1) is 7.11 Å². The van der Waals surface area contributed by atoms with Crippen molar-refractivity contribution in [2.24, 2.45) is 0 Å². The molecule has 1 amide bonds. The van der Waals surface area contributed by atoms with Crippen LogP contribution in [0.25, 0.3) is 0 Å². The smallest absolute Gasteiger partial charge is 0.328 e. The van der Waals surface area contributed by atoms with Crippen LogP contribution < -0.4 is 0 Å². The number of amides is 1. The second-order valence-corrected chi connectivity index (χ2v) is 7.11. The fourth-order valence-corrected chi connectivity index (χ4v) is 3.74. The number of benzene rings is 2. The van der Waals surface area contributed by atoms with Crippen LogP contribution in [0.2, 0.25) is 10.0 Å². The SMILES string of the molecule is COC(=O)C1Cc2ccccc2CN1C(=O)CCc1ccc(Cl)cc1Cl. The summed E-state index contributed by atoms with van der Waals surface area (Å²) in [6.07, 6.45) is 1.22. The number of nitrogens with zero attached hydrogens (tertiary/aromatic N) is 1. The van der Waals surface area contributed by atoms with Crippen LogP contribution in [-0.2, 0) is 33.7 Å². The zero-order valence-electron chi connectivity index (χ0n) is 14.4. The largest absolute Gasteiger partial charge is 0.467 e. The van der Waals surface area contributed by atoms with Crippen LogP contribution in [-0.4, -0.2) is 29.9 Å². The Hall–Kier alpha value is -2.04. The molecule has 0 saturated carbocycles. The Balaban J connectivity index is 1.76. The van der Waals surface area contributed by atoms with Gasteiger partial charge in [-0.05, 0) is 35.2 Å². The number of aryl methyl sites for hydroxylation is 1. The number of methoxy groups -OCH3 is 1. The maximum atomic E-state index is 12.8. The fraction of sp³-hybridized carbons (Fsp3) is 0.300. The second-order valence-electron chi connectivity index (χ2n) is 6.27. The van der Waals surface area contributed by atoms with Crippen LogP contribution in [0.3, 0.4) is 0 Å². The quantitative estimate of drug-likeness (QED) is 0.738. The van der Waals surface area contributed by atoms with Crippen molar-refractivity contribution in [3.63, 3.8) is 0 Å². The average Bonchev–Trinajstić information content (AvgIpc) is 2.65. The summed E-state index contributed by atoms with van der Waals surface area (Å²) < 4.78 is 4.91. The number of fused-ring (bicyclic) bond motifs is 1. The molecule has 1 aliphatic heterocycles. The summed E-state index contributed by atoms with van der Waals surface area (Å²) in [6, 6.07) is 12.5. The number of halogens is 2. The molecule has 2 aromatic carbocycles. The van der Waals surface area contributed by atoms with Crippen molar-refractivity contribution in [2.45, 2.75) is 31.8 Å². The minimum Gasteiger partial charge on any atom is -0.467 e. The zero-order valence-corrected chi connectivity index (χ0v) is 15.9. The summed E-state index contributed by atoms with van der Waals surface area (Å²) in [7, 11) is 1.35. The molecule has 1 unspecified atom stereocenters. The van der Waals surface area contributed by atoms with E-state index in [2.05, 4.69) is 0 Å². The molecule has 0 N–H and O–H groups in total. The molecule has 1 aliphatic rings. The van der Waals surface area contributed by atoms with Crippen LogP contribution in [0.5, 0.6) is 0 Å². The molecule has 6 heteroatoms. The molecule has 26 heavy (non-hydrogen) atoms. The number of hydrogen-bond donors (Lipinski definition) is 0. The van der Waals surface area contributed by atoms with Gasteiger partial charge < -0.3 is 9.64 Å². The number of carbonyl (C=O) groups is 2.